The number of nitrogens with one attached hydrogen (secondary N) is 1. The summed E-state index contributed by atoms with van der Waals surface area (Å²) in [6.07, 6.45) is 1.15. The summed E-state index contributed by atoms with van der Waals surface area (Å²) in [5.41, 5.74) is 3.65. The first kappa shape index (κ1) is 13.9. The molecule has 0 amide bonds. The smallest absolute Gasteiger partial charge is 0.277 e. The van der Waals surface area contributed by atoms with E-state index in [4.69, 9.17) is 23.2 Å². The summed E-state index contributed by atoms with van der Waals surface area (Å²) < 4.78 is 4.67. The van der Waals surface area contributed by atoms with E-state index >= 15 is 0 Å². The third-order valence-corrected chi connectivity index (χ3v) is 4.88. The fourth-order valence-corrected chi connectivity index (χ4v) is 3.45. The summed E-state index contributed by atoms with van der Waals surface area (Å²) >= 11 is 12.2. The molecule has 22 heavy (non-hydrogen) atoms. The zero-order valence-electron chi connectivity index (χ0n) is 12.0. The number of hydrogen-bond acceptors (Lipinski definition) is 1. The molecule has 5 heteroatoms. The first-order valence-electron chi connectivity index (χ1n) is 7.43. The molecule has 0 bridgehead atoms. The van der Waals surface area contributed by atoms with Crippen molar-refractivity contribution in [2.75, 3.05) is 11.9 Å². The van der Waals surface area contributed by atoms with E-state index in [0.717, 1.165) is 31.6 Å². The highest BCUT2D eigenvalue weighted by Gasteiger charge is 2.26. The van der Waals surface area contributed by atoms with Crippen LogP contribution in [0.2, 0.25) is 10.0 Å². The van der Waals surface area contributed by atoms with Crippen LogP contribution in [0.25, 0.3) is 11.0 Å². The number of imidazole rings is 1. The summed E-state index contributed by atoms with van der Waals surface area (Å²) in [7, 11) is 0. The van der Waals surface area contributed by atoms with Crippen LogP contribution >= 0.6 is 23.2 Å². The Labute approximate surface area is 139 Å². The highest BCUT2D eigenvalue weighted by molar-refractivity contribution is 6.42. The summed E-state index contributed by atoms with van der Waals surface area (Å²) in [6.45, 7) is 2.83. The molecule has 112 valence electrons. The largest absolute Gasteiger partial charge is 0.358 e. The molecule has 0 unspecified atom stereocenters. The van der Waals surface area contributed by atoms with Crippen LogP contribution in [0.1, 0.15) is 12.0 Å². The molecule has 0 saturated carbocycles. The van der Waals surface area contributed by atoms with Gasteiger partial charge in [0.2, 0.25) is 0 Å². The second-order valence-corrected chi connectivity index (χ2v) is 6.39. The van der Waals surface area contributed by atoms with Crippen LogP contribution in [-0.4, -0.2) is 11.1 Å². The van der Waals surface area contributed by atoms with Crippen LogP contribution in [0, 0.1) is 0 Å². The van der Waals surface area contributed by atoms with Crippen molar-refractivity contribution in [3.05, 3.63) is 58.1 Å². The molecular weight excluding hydrogens is 317 g/mol. The number of anilines is 1. The van der Waals surface area contributed by atoms with Crippen LogP contribution in [-0.2, 0) is 13.1 Å². The molecule has 0 atom stereocenters. The van der Waals surface area contributed by atoms with Gasteiger partial charge in [-0.15, -0.1) is 0 Å². The summed E-state index contributed by atoms with van der Waals surface area (Å²) in [5, 5.41) is 4.73. The van der Waals surface area contributed by atoms with Gasteiger partial charge in [0, 0.05) is 6.42 Å². The molecule has 0 fully saturated rings. The highest BCUT2D eigenvalue weighted by atomic mass is 35.5. The van der Waals surface area contributed by atoms with Crippen molar-refractivity contribution in [1.82, 2.24) is 4.57 Å². The van der Waals surface area contributed by atoms with Gasteiger partial charge in [-0.3, -0.25) is 5.32 Å². The fraction of sp³-hybridized carbons (Fsp3) is 0.235. The van der Waals surface area contributed by atoms with E-state index in [1.54, 1.807) is 0 Å². The minimum Gasteiger partial charge on any atom is -0.277 e. The number of halogens is 2. The van der Waals surface area contributed by atoms with Gasteiger partial charge >= 0.3 is 5.95 Å². The lowest BCUT2D eigenvalue weighted by molar-refractivity contribution is -0.661. The standard InChI is InChI=1S/C17H15Cl2N3/c18-13-7-6-12(10-14(13)19)11-22-16-5-2-1-4-15(16)21-9-3-8-20-17(21)22/h1-2,4-7,10H,3,8-9,11H2/p+1. The molecule has 3 nitrogen and oxygen atoms in total. The van der Waals surface area contributed by atoms with Gasteiger partial charge in [0.05, 0.1) is 29.7 Å². The molecule has 2 heterocycles. The predicted molar refractivity (Wildman–Crippen MR) is 90.8 cm³/mol. The van der Waals surface area contributed by atoms with Gasteiger partial charge in [0.15, 0.2) is 0 Å². The monoisotopic (exact) mass is 332 g/mol. The quantitative estimate of drug-likeness (QED) is 0.701. The lowest BCUT2D eigenvalue weighted by Gasteiger charge is -2.12. The number of rotatable bonds is 2. The maximum atomic E-state index is 6.15. The van der Waals surface area contributed by atoms with Gasteiger partial charge in [-0.05, 0) is 29.8 Å². The van der Waals surface area contributed by atoms with E-state index in [1.165, 1.54) is 17.0 Å². The van der Waals surface area contributed by atoms with Crippen molar-refractivity contribution in [1.29, 1.82) is 0 Å². The van der Waals surface area contributed by atoms with Gasteiger partial charge in [-0.1, -0.05) is 41.4 Å². The zero-order valence-corrected chi connectivity index (χ0v) is 13.5. The molecule has 3 aromatic rings. The van der Waals surface area contributed by atoms with Crippen LogP contribution in [0.15, 0.2) is 42.5 Å². The Kier molecular flexibility index (Phi) is 3.47. The normalized spacial score (nSPS) is 13.9. The lowest BCUT2D eigenvalue weighted by Crippen LogP contribution is -2.41. The van der Waals surface area contributed by atoms with Gasteiger partial charge < -0.3 is 0 Å². The maximum Gasteiger partial charge on any atom is 0.358 e. The third kappa shape index (κ3) is 2.25. The van der Waals surface area contributed by atoms with Crippen molar-refractivity contribution < 1.29 is 4.57 Å². The molecule has 1 aliphatic rings. The number of nitrogens with zero attached hydrogens (tertiary/aromatic N) is 2. The van der Waals surface area contributed by atoms with Crippen molar-refractivity contribution >= 4 is 40.2 Å². The molecular formula is C17H16Cl2N3+. The Bertz CT molecular complexity index is 854. The van der Waals surface area contributed by atoms with Crippen molar-refractivity contribution in [3.63, 3.8) is 0 Å². The fourth-order valence-electron chi connectivity index (χ4n) is 3.13. The topological polar surface area (TPSA) is 20.8 Å². The van der Waals surface area contributed by atoms with E-state index in [9.17, 15) is 0 Å². The summed E-state index contributed by atoms with van der Waals surface area (Å²) in [5.74, 6) is 1.17. The number of fused-ring (bicyclic) bond motifs is 3. The molecule has 1 aliphatic heterocycles. The maximum absolute atomic E-state index is 6.15. The van der Waals surface area contributed by atoms with Gasteiger partial charge in [-0.25, -0.2) is 9.13 Å². The van der Waals surface area contributed by atoms with E-state index in [-0.39, 0.29) is 0 Å². The second kappa shape index (κ2) is 5.49. The van der Waals surface area contributed by atoms with Crippen LogP contribution in [0.3, 0.4) is 0 Å². The minimum absolute atomic E-state index is 0.595. The first-order chi connectivity index (χ1) is 10.7. The molecule has 2 aromatic carbocycles. The van der Waals surface area contributed by atoms with Crippen LogP contribution < -0.4 is 9.88 Å². The minimum atomic E-state index is 0.595. The van der Waals surface area contributed by atoms with E-state index in [0.29, 0.717) is 10.0 Å². The molecule has 0 aliphatic carbocycles. The van der Waals surface area contributed by atoms with E-state index < -0.39 is 0 Å². The predicted octanol–water partition coefficient (Wildman–Crippen LogP) is 4.10. The average Bonchev–Trinajstić information content (AvgIpc) is 2.86. The van der Waals surface area contributed by atoms with Crippen LogP contribution in [0.4, 0.5) is 5.95 Å². The van der Waals surface area contributed by atoms with Gasteiger partial charge in [0.25, 0.3) is 0 Å². The molecule has 0 saturated heterocycles. The molecule has 0 spiro atoms. The average molecular weight is 333 g/mol. The Morgan fingerprint density at radius 1 is 1.09 bits per heavy atom. The molecule has 4 rings (SSSR count). The molecule has 1 N–H and O–H groups in total. The number of aromatic nitrogens is 2. The lowest BCUT2D eigenvalue weighted by atomic mass is 10.2. The van der Waals surface area contributed by atoms with Crippen molar-refractivity contribution in [3.8, 4) is 0 Å². The SMILES string of the molecule is Clc1ccc(Cn2c3[n+](c4ccccc42)CCCN3)cc1Cl. The molecule has 1 aromatic heterocycles. The van der Waals surface area contributed by atoms with Gasteiger partial charge in [0.1, 0.15) is 11.0 Å². The number of aryl methyl sites for hydroxylation is 1. The number of benzene rings is 2. The zero-order chi connectivity index (χ0) is 15.1. The summed E-state index contributed by atoms with van der Waals surface area (Å²) in [6, 6.07) is 14.4. The Balaban J connectivity index is 1.85. The highest BCUT2D eigenvalue weighted by Crippen LogP contribution is 2.26. The first-order valence-corrected chi connectivity index (χ1v) is 8.18. The summed E-state index contributed by atoms with van der Waals surface area (Å²) in [4.78, 5) is 0. The molecule has 0 radical (unpaired) electrons. The van der Waals surface area contributed by atoms with E-state index in [1.807, 2.05) is 18.2 Å². The van der Waals surface area contributed by atoms with E-state index in [2.05, 4.69) is 38.7 Å². The number of hydrogen-bond donors (Lipinski definition) is 1. The Morgan fingerprint density at radius 2 is 1.95 bits per heavy atom. The number of para-hydroxylation sites is 2. The van der Waals surface area contributed by atoms with Crippen molar-refractivity contribution in [2.24, 2.45) is 0 Å². The Hall–Kier alpha value is -1.71. The van der Waals surface area contributed by atoms with Gasteiger partial charge in [-0.2, -0.15) is 0 Å². The Morgan fingerprint density at radius 3 is 2.82 bits per heavy atom. The third-order valence-electron chi connectivity index (χ3n) is 4.14. The second-order valence-electron chi connectivity index (χ2n) is 5.58. The van der Waals surface area contributed by atoms with Crippen LogP contribution in [0.5, 0.6) is 0 Å². The van der Waals surface area contributed by atoms with Crippen molar-refractivity contribution in [2.45, 2.75) is 19.5 Å².